The summed E-state index contributed by atoms with van der Waals surface area (Å²) in [6.45, 7) is 0.371. The average molecular weight is 260 g/mol. The summed E-state index contributed by atoms with van der Waals surface area (Å²) in [7, 11) is 0. The van der Waals surface area contributed by atoms with Crippen molar-refractivity contribution in [1.29, 1.82) is 0 Å². The second kappa shape index (κ2) is 6.06. The van der Waals surface area contributed by atoms with E-state index in [2.05, 4.69) is 10.3 Å². The van der Waals surface area contributed by atoms with E-state index in [1.807, 2.05) is 0 Å². The van der Waals surface area contributed by atoms with Crippen LogP contribution in [-0.4, -0.2) is 16.1 Å². The molecule has 1 heterocycles. The van der Waals surface area contributed by atoms with E-state index in [1.165, 1.54) is 18.2 Å². The number of aromatic nitrogens is 1. The van der Waals surface area contributed by atoms with Crippen LogP contribution in [0.4, 0.5) is 4.39 Å². The Balaban J connectivity index is 2.11. The van der Waals surface area contributed by atoms with Crippen LogP contribution in [0.1, 0.15) is 17.2 Å². The van der Waals surface area contributed by atoms with Crippen LogP contribution < -0.4 is 5.32 Å². The molecule has 0 fully saturated rings. The van der Waals surface area contributed by atoms with Gasteiger partial charge in [0.05, 0.1) is 0 Å². The van der Waals surface area contributed by atoms with Crippen molar-refractivity contribution in [1.82, 2.24) is 10.3 Å². The molecule has 0 aliphatic heterocycles. The van der Waals surface area contributed by atoms with Crippen molar-refractivity contribution >= 4 is 5.97 Å². The van der Waals surface area contributed by atoms with Crippen molar-refractivity contribution < 1.29 is 14.3 Å². The SMILES string of the molecule is O=C(O)C(NCc1ccncc1)c1cccc(F)c1. The fourth-order valence-electron chi connectivity index (χ4n) is 1.75. The fraction of sp³-hybridized carbons (Fsp3) is 0.143. The van der Waals surface area contributed by atoms with Crippen molar-refractivity contribution in [3.8, 4) is 0 Å². The lowest BCUT2D eigenvalue weighted by molar-refractivity contribution is -0.139. The van der Waals surface area contributed by atoms with Crippen molar-refractivity contribution in [2.24, 2.45) is 0 Å². The normalized spacial score (nSPS) is 12.1. The summed E-state index contributed by atoms with van der Waals surface area (Å²) in [6.07, 6.45) is 3.27. The van der Waals surface area contributed by atoms with Gasteiger partial charge in [0.1, 0.15) is 11.9 Å². The summed E-state index contributed by atoms with van der Waals surface area (Å²) in [5, 5.41) is 12.1. The van der Waals surface area contributed by atoms with Crippen LogP contribution in [0.2, 0.25) is 0 Å². The molecule has 2 aromatic rings. The molecule has 0 amide bonds. The molecule has 98 valence electrons. The Morgan fingerprint density at radius 2 is 2.05 bits per heavy atom. The van der Waals surface area contributed by atoms with E-state index in [4.69, 9.17) is 0 Å². The summed E-state index contributed by atoms with van der Waals surface area (Å²) < 4.78 is 13.1. The molecule has 0 saturated heterocycles. The molecular weight excluding hydrogens is 247 g/mol. The number of halogens is 1. The summed E-state index contributed by atoms with van der Waals surface area (Å²) in [4.78, 5) is 15.1. The van der Waals surface area contributed by atoms with Gasteiger partial charge in [0.15, 0.2) is 0 Å². The maximum atomic E-state index is 13.1. The van der Waals surface area contributed by atoms with Gasteiger partial charge < -0.3 is 5.11 Å². The van der Waals surface area contributed by atoms with Crippen molar-refractivity contribution in [2.75, 3.05) is 0 Å². The van der Waals surface area contributed by atoms with E-state index >= 15 is 0 Å². The highest BCUT2D eigenvalue weighted by molar-refractivity contribution is 5.75. The number of benzene rings is 1. The molecule has 0 aliphatic rings. The summed E-state index contributed by atoms with van der Waals surface area (Å²) in [6, 6.07) is 8.22. The zero-order valence-corrected chi connectivity index (χ0v) is 10.1. The van der Waals surface area contributed by atoms with Crippen molar-refractivity contribution in [2.45, 2.75) is 12.6 Å². The third-order valence-corrected chi connectivity index (χ3v) is 2.69. The van der Waals surface area contributed by atoms with Gasteiger partial charge >= 0.3 is 5.97 Å². The molecule has 2 N–H and O–H groups in total. The van der Waals surface area contributed by atoms with E-state index in [9.17, 15) is 14.3 Å². The number of aliphatic carboxylic acids is 1. The van der Waals surface area contributed by atoms with Gasteiger partial charge in [0.25, 0.3) is 0 Å². The Morgan fingerprint density at radius 1 is 1.32 bits per heavy atom. The van der Waals surface area contributed by atoms with Gasteiger partial charge in [-0.3, -0.25) is 15.1 Å². The number of rotatable bonds is 5. The molecule has 19 heavy (non-hydrogen) atoms. The lowest BCUT2D eigenvalue weighted by atomic mass is 10.1. The highest BCUT2D eigenvalue weighted by Crippen LogP contribution is 2.15. The summed E-state index contributed by atoms with van der Waals surface area (Å²) in [5.74, 6) is -1.49. The van der Waals surface area contributed by atoms with E-state index < -0.39 is 17.8 Å². The molecule has 1 aromatic heterocycles. The van der Waals surface area contributed by atoms with Crippen LogP contribution in [0.15, 0.2) is 48.8 Å². The van der Waals surface area contributed by atoms with Gasteiger partial charge in [-0.1, -0.05) is 12.1 Å². The molecule has 0 radical (unpaired) electrons. The maximum absolute atomic E-state index is 13.1. The number of carboxylic acid groups (broad SMARTS) is 1. The first-order valence-electron chi connectivity index (χ1n) is 5.77. The molecule has 2 rings (SSSR count). The second-order valence-corrected chi connectivity index (χ2v) is 4.06. The predicted octanol–water partition coefficient (Wildman–Crippen LogP) is 2.14. The molecule has 1 aromatic carbocycles. The highest BCUT2D eigenvalue weighted by Gasteiger charge is 2.19. The Kier molecular flexibility index (Phi) is 4.20. The third kappa shape index (κ3) is 3.59. The van der Waals surface area contributed by atoms with Crippen LogP contribution >= 0.6 is 0 Å². The first kappa shape index (κ1) is 13.2. The average Bonchev–Trinajstić information content (AvgIpc) is 2.40. The van der Waals surface area contributed by atoms with E-state index in [0.29, 0.717) is 12.1 Å². The molecule has 0 aliphatic carbocycles. The third-order valence-electron chi connectivity index (χ3n) is 2.69. The predicted molar refractivity (Wildman–Crippen MR) is 67.9 cm³/mol. The Morgan fingerprint density at radius 3 is 2.68 bits per heavy atom. The minimum absolute atomic E-state index is 0.371. The molecule has 1 atom stereocenters. The highest BCUT2D eigenvalue weighted by atomic mass is 19.1. The minimum atomic E-state index is -1.04. The number of nitrogens with one attached hydrogen (secondary N) is 1. The zero-order valence-electron chi connectivity index (χ0n) is 10.1. The molecule has 0 saturated carbocycles. The van der Waals surface area contributed by atoms with Crippen LogP contribution in [0.25, 0.3) is 0 Å². The second-order valence-electron chi connectivity index (χ2n) is 4.06. The molecule has 4 nitrogen and oxygen atoms in total. The van der Waals surface area contributed by atoms with E-state index in [1.54, 1.807) is 30.6 Å². The van der Waals surface area contributed by atoms with E-state index in [-0.39, 0.29) is 0 Å². The lowest BCUT2D eigenvalue weighted by Gasteiger charge is -2.14. The standard InChI is InChI=1S/C14H13FN2O2/c15-12-3-1-2-11(8-12)13(14(18)19)17-9-10-4-6-16-7-5-10/h1-8,13,17H,9H2,(H,18,19). The quantitative estimate of drug-likeness (QED) is 0.864. The first-order chi connectivity index (χ1) is 9.16. The van der Waals surface area contributed by atoms with Gasteiger partial charge in [-0.25, -0.2) is 4.39 Å². The number of hydrogen-bond acceptors (Lipinski definition) is 3. The largest absolute Gasteiger partial charge is 0.480 e. The number of nitrogens with zero attached hydrogens (tertiary/aromatic N) is 1. The number of hydrogen-bond donors (Lipinski definition) is 2. The summed E-state index contributed by atoms with van der Waals surface area (Å²) >= 11 is 0. The number of pyridine rings is 1. The first-order valence-corrected chi connectivity index (χ1v) is 5.77. The lowest BCUT2D eigenvalue weighted by Crippen LogP contribution is -2.28. The Bertz CT molecular complexity index is 560. The maximum Gasteiger partial charge on any atom is 0.325 e. The van der Waals surface area contributed by atoms with E-state index in [0.717, 1.165) is 5.56 Å². The van der Waals surface area contributed by atoms with Crippen LogP contribution in [0.5, 0.6) is 0 Å². The van der Waals surface area contributed by atoms with Crippen molar-refractivity contribution in [3.63, 3.8) is 0 Å². The van der Waals surface area contributed by atoms with Gasteiger partial charge in [0.2, 0.25) is 0 Å². The molecule has 1 unspecified atom stereocenters. The topological polar surface area (TPSA) is 62.2 Å². The van der Waals surface area contributed by atoms with Crippen LogP contribution in [0.3, 0.4) is 0 Å². The molecule has 0 bridgehead atoms. The summed E-state index contributed by atoms with van der Waals surface area (Å²) in [5.41, 5.74) is 1.30. The zero-order chi connectivity index (χ0) is 13.7. The van der Waals surface area contributed by atoms with Crippen LogP contribution in [0, 0.1) is 5.82 Å². The molecule has 5 heteroatoms. The number of carbonyl (C=O) groups is 1. The molecular formula is C14H13FN2O2. The van der Waals surface area contributed by atoms with Gasteiger partial charge in [-0.2, -0.15) is 0 Å². The van der Waals surface area contributed by atoms with Gasteiger partial charge in [-0.05, 0) is 35.4 Å². The monoisotopic (exact) mass is 260 g/mol. The number of carboxylic acids is 1. The minimum Gasteiger partial charge on any atom is -0.480 e. The van der Waals surface area contributed by atoms with Crippen LogP contribution in [-0.2, 0) is 11.3 Å². The Labute approximate surface area is 109 Å². The molecule has 0 spiro atoms. The Hall–Kier alpha value is -2.27. The van der Waals surface area contributed by atoms with Crippen molar-refractivity contribution in [3.05, 3.63) is 65.7 Å². The fourth-order valence-corrected chi connectivity index (χ4v) is 1.75. The van der Waals surface area contributed by atoms with Gasteiger partial charge in [-0.15, -0.1) is 0 Å². The smallest absolute Gasteiger partial charge is 0.325 e. The van der Waals surface area contributed by atoms with Gasteiger partial charge in [0, 0.05) is 18.9 Å².